The second-order valence-corrected chi connectivity index (χ2v) is 4.29. The maximum Gasteiger partial charge on any atom is 0.222 e. The normalized spacial score (nSPS) is 10.2. The van der Waals surface area contributed by atoms with Gasteiger partial charge >= 0.3 is 0 Å². The smallest absolute Gasteiger partial charge is 0.222 e. The number of nitrogens with zero attached hydrogens (tertiary/aromatic N) is 2. The van der Waals surface area contributed by atoms with Crippen LogP contribution in [0.2, 0.25) is 0 Å². The van der Waals surface area contributed by atoms with E-state index in [1.54, 1.807) is 14.2 Å². The minimum atomic E-state index is -0.531. The average Bonchev–Trinajstić information content (AvgIpc) is 2.50. The number of nitrogens with one attached hydrogen (secondary N) is 1. The summed E-state index contributed by atoms with van der Waals surface area (Å²) in [6.45, 7) is 0.503. The molecule has 0 aliphatic heterocycles. The van der Waals surface area contributed by atoms with Crippen molar-refractivity contribution >= 4 is 11.8 Å². The van der Waals surface area contributed by atoms with Gasteiger partial charge in [-0.1, -0.05) is 6.07 Å². The highest BCUT2D eigenvalue weighted by Gasteiger charge is 2.06. The van der Waals surface area contributed by atoms with E-state index in [0.717, 1.165) is 11.8 Å². The third-order valence-electron chi connectivity index (χ3n) is 2.92. The predicted octanol–water partition coefficient (Wildman–Crippen LogP) is 1.87. The summed E-state index contributed by atoms with van der Waals surface area (Å²) in [6.07, 6.45) is 1.71. The van der Waals surface area contributed by atoms with Gasteiger partial charge in [-0.25, -0.2) is 9.37 Å². The molecule has 112 valence electrons. The molecule has 1 heterocycles. The average molecular weight is 292 g/mol. The number of benzene rings is 1. The molecule has 0 atom stereocenters. The number of nitrogens with two attached hydrogens (primary N) is 1. The topological polar surface area (TPSA) is 82.3 Å². The molecule has 0 saturated heterocycles. The van der Waals surface area contributed by atoms with Gasteiger partial charge in [-0.05, 0) is 24.1 Å². The second kappa shape index (κ2) is 6.74. The Morgan fingerprint density at radius 3 is 2.71 bits per heavy atom. The summed E-state index contributed by atoms with van der Waals surface area (Å²) in [5, 5.41) is 2.89. The highest BCUT2D eigenvalue weighted by molar-refractivity contribution is 5.43. The van der Waals surface area contributed by atoms with Crippen LogP contribution in [0.15, 0.2) is 24.4 Å². The van der Waals surface area contributed by atoms with Gasteiger partial charge in [0.25, 0.3) is 0 Å². The zero-order valence-corrected chi connectivity index (χ0v) is 11.9. The highest BCUT2D eigenvalue weighted by atomic mass is 19.1. The van der Waals surface area contributed by atoms with E-state index in [9.17, 15) is 4.39 Å². The first-order valence-electron chi connectivity index (χ1n) is 6.37. The van der Waals surface area contributed by atoms with Gasteiger partial charge in [-0.3, -0.25) is 0 Å². The summed E-state index contributed by atoms with van der Waals surface area (Å²) >= 11 is 0. The first-order chi connectivity index (χ1) is 10.1. The Morgan fingerprint density at radius 1 is 1.24 bits per heavy atom. The van der Waals surface area contributed by atoms with Crippen molar-refractivity contribution in [1.82, 2.24) is 9.97 Å². The van der Waals surface area contributed by atoms with Crippen molar-refractivity contribution in [2.24, 2.45) is 0 Å². The Hall–Kier alpha value is -2.57. The van der Waals surface area contributed by atoms with Gasteiger partial charge in [-0.15, -0.1) is 0 Å². The van der Waals surface area contributed by atoms with Gasteiger partial charge in [0, 0.05) is 6.54 Å². The second-order valence-electron chi connectivity index (χ2n) is 4.29. The predicted molar refractivity (Wildman–Crippen MR) is 78.1 cm³/mol. The minimum Gasteiger partial charge on any atom is -0.493 e. The molecule has 0 aliphatic rings. The molecule has 0 saturated carbocycles. The zero-order chi connectivity index (χ0) is 15.2. The molecule has 0 aliphatic carbocycles. The lowest BCUT2D eigenvalue weighted by atomic mass is 10.1. The van der Waals surface area contributed by atoms with Gasteiger partial charge in [0.1, 0.15) is 0 Å². The quantitative estimate of drug-likeness (QED) is 0.846. The monoisotopic (exact) mass is 292 g/mol. The largest absolute Gasteiger partial charge is 0.493 e. The number of hydrogen-bond acceptors (Lipinski definition) is 6. The van der Waals surface area contributed by atoms with Gasteiger partial charge in [0.05, 0.1) is 20.4 Å². The molecule has 2 rings (SSSR count). The Kier molecular flexibility index (Phi) is 4.76. The maximum atomic E-state index is 13.4. The summed E-state index contributed by atoms with van der Waals surface area (Å²) in [4.78, 5) is 7.37. The van der Waals surface area contributed by atoms with Crippen molar-refractivity contribution in [3.8, 4) is 11.5 Å². The number of ether oxygens (including phenoxy) is 2. The Morgan fingerprint density at radius 2 is 2.00 bits per heavy atom. The molecule has 0 amide bonds. The van der Waals surface area contributed by atoms with Crippen molar-refractivity contribution in [1.29, 1.82) is 0 Å². The molecule has 0 radical (unpaired) electrons. The van der Waals surface area contributed by atoms with Crippen LogP contribution in [0.25, 0.3) is 0 Å². The lowest BCUT2D eigenvalue weighted by molar-refractivity contribution is 0.354. The molecule has 3 N–H and O–H groups in total. The van der Waals surface area contributed by atoms with Gasteiger partial charge in [0.2, 0.25) is 5.95 Å². The Bertz CT molecular complexity index is 622. The molecule has 1 aromatic heterocycles. The van der Waals surface area contributed by atoms with Crippen LogP contribution in [0.4, 0.5) is 16.2 Å². The van der Waals surface area contributed by atoms with Crippen LogP contribution in [-0.4, -0.2) is 30.7 Å². The van der Waals surface area contributed by atoms with E-state index < -0.39 is 5.82 Å². The van der Waals surface area contributed by atoms with Gasteiger partial charge < -0.3 is 20.5 Å². The van der Waals surface area contributed by atoms with E-state index >= 15 is 0 Å². The number of anilines is 2. The first kappa shape index (κ1) is 14.8. The fourth-order valence-corrected chi connectivity index (χ4v) is 1.87. The fourth-order valence-electron chi connectivity index (χ4n) is 1.87. The van der Waals surface area contributed by atoms with Crippen LogP contribution in [0.5, 0.6) is 11.5 Å². The van der Waals surface area contributed by atoms with E-state index in [1.807, 2.05) is 18.2 Å². The molecule has 0 bridgehead atoms. The van der Waals surface area contributed by atoms with Crippen molar-refractivity contribution in [3.63, 3.8) is 0 Å². The lowest BCUT2D eigenvalue weighted by Crippen LogP contribution is -2.10. The van der Waals surface area contributed by atoms with Crippen LogP contribution in [0, 0.1) is 5.82 Å². The van der Waals surface area contributed by atoms with E-state index in [-0.39, 0.29) is 11.8 Å². The number of nitrogen functional groups attached to an aromatic ring is 1. The number of rotatable bonds is 6. The van der Waals surface area contributed by atoms with Crippen LogP contribution < -0.4 is 20.5 Å². The van der Waals surface area contributed by atoms with Crippen LogP contribution in [0.1, 0.15) is 5.56 Å². The van der Waals surface area contributed by atoms with E-state index in [2.05, 4.69) is 15.3 Å². The van der Waals surface area contributed by atoms with Crippen molar-refractivity contribution < 1.29 is 13.9 Å². The highest BCUT2D eigenvalue weighted by Crippen LogP contribution is 2.27. The summed E-state index contributed by atoms with van der Waals surface area (Å²) < 4.78 is 23.8. The number of halogens is 1. The van der Waals surface area contributed by atoms with Gasteiger partial charge in [0.15, 0.2) is 23.1 Å². The third-order valence-corrected chi connectivity index (χ3v) is 2.92. The molecule has 2 aromatic rings. The van der Waals surface area contributed by atoms with Gasteiger partial charge in [-0.2, -0.15) is 4.98 Å². The van der Waals surface area contributed by atoms with E-state index in [4.69, 9.17) is 15.2 Å². The molecule has 0 spiro atoms. The van der Waals surface area contributed by atoms with Crippen LogP contribution in [-0.2, 0) is 6.42 Å². The summed E-state index contributed by atoms with van der Waals surface area (Å²) in [5.41, 5.74) is 6.45. The number of aromatic nitrogens is 2. The number of hydrogen-bond donors (Lipinski definition) is 2. The zero-order valence-electron chi connectivity index (χ0n) is 11.9. The van der Waals surface area contributed by atoms with Crippen LogP contribution in [0.3, 0.4) is 0 Å². The summed E-state index contributed by atoms with van der Waals surface area (Å²) in [5.74, 6) is 0.931. The van der Waals surface area contributed by atoms with Crippen molar-refractivity contribution in [2.45, 2.75) is 6.42 Å². The van der Waals surface area contributed by atoms with Crippen molar-refractivity contribution in [2.75, 3.05) is 31.8 Å². The molecular weight excluding hydrogens is 275 g/mol. The number of methoxy groups -OCH3 is 2. The molecule has 21 heavy (non-hydrogen) atoms. The van der Waals surface area contributed by atoms with E-state index in [0.29, 0.717) is 24.5 Å². The first-order valence-corrected chi connectivity index (χ1v) is 6.37. The summed E-state index contributed by atoms with van der Waals surface area (Å²) in [6, 6.07) is 5.64. The minimum absolute atomic E-state index is 0.0324. The molecule has 1 aromatic carbocycles. The summed E-state index contributed by atoms with van der Waals surface area (Å²) in [7, 11) is 3.17. The Labute approximate surface area is 122 Å². The molecule has 7 heteroatoms. The third kappa shape index (κ3) is 3.71. The molecule has 6 nitrogen and oxygen atoms in total. The van der Waals surface area contributed by atoms with Crippen molar-refractivity contribution in [3.05, 3.63) is 35.8 Å². The lowest BCUT2D eigenvalue weighted by Gasteiger charge is -2.10. The molecule has 0 unspecified atom stereocenters. The van der Waals surface area contributed by atoms with Crippen LogP contribution >= 0.6 is 0 Å². The SMILES string of the molecule is COc1ccc(CCNc2nc(N)ncc2F)cc1OC. The molecule has 0 fully saturated rings. The Balaban J connectivity index is 1.98. The fraction of sp³-hybridized carbons (Fsp3) is 0.286. The standard InChI is InChI=1S/C14H17FN4O2/c1-20-11-4-3-9(7-12(11)21-2)5-6-17-13-10(15)8-18-14(16)19-13/h3-4,7-8H,5-6H2,1-2H3,(H3,16,17,18,19). The molecular formula is C14H17FN4O2. The maximum absolute atomic E-state index is 13.4. The van der Waals surface area contributed by atoms with E-state index in [1.165, 1.54) is 0 Å².